The fourth-order valence-corrected chi connectivity index (χ4v) is 2.33. The molecular formula is C14H19NO2. The van der Waals surface area contributed by atoms with E-state index in [1.54, 1.807) is 0 Å². The van der Waals surface area contributed by atoms with E-state index in [2.05, 4.69) is 24.0 Å². The van der Waals surface area contributed by atoms with Gasteiger partial charge in [0.25, 0.3) is 0 Å². The van der Waals surface area contributed by atoms with Crippen LogP contribution in [-0.4, -0.2) is 26.7 Å². The van der Waals surface area contributed by atoms with Crippen molar-refractivity contribution in [2.75, 3.05) is 25.6 Å². The van der Waals surface area contributed by atoms with E-state index in [1.807, 2.05) is 19.2 Å². The van der Waals surface area contributed by atoms with Gasteiger partial charge in [-0.15, -0.1) is 0 Å². The maximum Gasteiger partial charge on any atom is 0.313 e. The molecule has 1 saturated carbocycles. The standard InChI is InChI=1S/C14H19NO2/c1-11-6-4-5-7-12(11)15(2)10-14(8-9-14)13(16)17-3/h4-7H,8-10H2,1-3H3. The minimum absolute atomic E-state index is 0.0714. The highest BCUT2D eigenvalue weighted by atomic mass is 16.5. The molecule has 1 aromatic carbocycles. The Hall–Kier alpha value is -1.51. The summed E-state index contributed by atoms with van der Waals surface area (Å²) >= 11 is 0. The van der Waals surface area contributed by atoms with E-state index in [-0.39, 0.29) is 11.4 Å². The summed E-state index contributed by atoms with van der Waals surface area (Å²) in [6, 6.07) is 8.22. The number of hydrogen-bond acceptors (Lipinski definition) is 3. The quantitative estimate of drug-likeness (QED) is 0.748. The third-order valence-corrected chi connectivity index (χ3v) is 3.54. The third-order valence-electron chi connectivity index (χ3n) is 3.54. The van der Waals surface area contributed by atoms with E-state index in [9.17, 15) is 4.79 Å². The summed E-state index contributed by atoms with van der Waals surface area (Å²) in [6.45, 7) is 2.83. The lowest BCUT2D eigenvalue weighted by Gasteiger charge is -2.25. The van der Waals surface area contributed by atoms with Gasteiger partial charge in [0.15, 0.2) is 0 Å². The fraction of sp³-hybridized carbons (Fsp3) is 0.500. The Morgan fingerprint density at radius 1 is 1.41 bits per heavy atom. The van der Waals surface area contributed by atoms with Crippen LogP contribution in [0.4, 0.5) is 5.69 Å². The first-order valence-corrected chi connectivity index (χ1v) is 5.94. The van der Waals surface area contributed by atoms with Gasteiger partial charge in [0.05, 0.1) is 12.5 Å². The molecule has 1 aliphatic rings. The van der Waals surface area contributed by atoms with Gasteiger partial charge in [0, 0.05) is 19.3 Å². The lowest BCUT2D eigenvalue weighted by Crippen LogP contribution is -2.32. The normalized spacial score (nSPS) is 16.4. The summed E-state index contributed by atoms with van der Waals surface area (Å²) in [5.41, 5.74) is 2.16. The maximum absolute atomic E-state index is 11.7. The largest absolute Gasteiger partial charge is 0.469 e. The third kappa shape index (κ3) is 2.28. The van der Waals surface area contributed by atoms with Crippen LogP contribution in [-0.2, 0) is 9.53 Å². The molecule has 3 nitrogen and oxygen atoms in total. The van der Waals surface area contributed by atoms with Crippen LogP contribution in [0.3, 0.4) is 0 Å². The first kappa shape index (κ1) is 12.0. The number of methoxy groups -OCH3 is 1. The molecular weight excluding hydrogens is 214 g/mol. The van der Waals surface area contributed by atoms with Gasteiger partial charge >= 0.3 is 5.97 Å². The Labute approximate surface area is 102 Å². The molecule has 3 heteroatoms. The number of esters is 1. The van der Waals surface area contributed by atoms with Gasteiger partial charge in [0.2, 0.25) is 0 Å². The summed E-state index contributed by atoms with van der Waals surface area (Å²) in [4.78, 5) is 13.9. The zero-order chi connectivity index (χ0) is 12.5. The summed E-state index contributed by atoms with van der Waals surface area (Å²) in [7, 11) is 3.50. The monoisotopic (exact) mass is 233 g/mol. The number of benzene rings is 1. The van der Waals surface area contributed by atoms with Crippen LogP contribution >= 0.6 is 0 Å². The summed E-state index contributed by atoms with van der Waals surface area (Å²) in [5.74, 6) is -0.0714. The van der Waals surface area contributed by atoms with E-state index < -0.39 is 0 Å². The number of nitrogens with zero attached hydrogens (tertiary/aromatic N) is 1. The number of ether oxygens (including phenoxy) is 1. The molecule has 1 aromatic rings. The minimum Gasteiger partial charge on any atom is -0.469 e. The Balaban J connectivity index is 2.10. The highest BCUT2D eigenvalue weighted by molar-refractivity contribution is 5.80. The number of para-hydroxylation sites is 1. The first-order valence-electron chi connectivity index (χ1n) is 5.94. The van der Waals surface area contributed by atoms with Gasteiger partial charge in [-0.05, 0) is 31.4 Å². The Morgan fingerprint density at radius 3 is 2.59 bits per heavy atom. The van der Waals surface area contributed by atoms with Gasteiger partial charge in [-0.2, -0.15) is 0 Å². The van der Waals surface area contributed by atoms with Gasteiger partial charge in [-0.3, -0.25) is 4.79 Å². The van der Waals surface area contributed by atoms with E-state index in [1.165, 1.54) is 18.4 Å². The van der Waals surface area contributed by atoms with Crippen molar-refractivity contribution in [2.45, 2.75) is 19.8 Å². The van der Waals surface area contributed by atoms with Gasteiger partial charge in [0.1, 0.15) is 0 Å². The van der Waals surface area contributed by atoms with E-state index in [0.29, 0.717) is 0 Å². The highest BCUT2D eigenvalue weighted by Gasteiger charge is 2.51. The molecule has 0 amide bonds. The second-order valence-electron chi connectivity index (χ2n) is 4.91. The van der Waals surface area contributed by atoms with Crippen LogP contribution in [0, 0.1) is 12.3 Å². The molecule has 1 fully saturated rings. The molecule has 92 valence electrons. The minimum atomic E-state index is -0.258. The smallest absolute Gasteiger partial charge is 0.313 e. The molecule has 0 radical (unpaired) electrons. The molecule has 0 unspecified atom stereocenters. The number of hydrogen-bond donors (Lipinski definition) is 0. The highest BCUT2D eigenvalue weighted by Crippen LogP contribution is 2.47. The van der Waals surface area contributed by atoms with Crippen LogP contribution in [0.2, 0.25) is 0 Å². The SMILES string of the molecule is COC(=O)C1(CN(C)c2ccccc2C)CC1. The Bertz CT molecular complexity index is 424. The van der Waals surface area contributed by atoms with Crippen LogP contribution < -0.4 is 4.90 Å². The lowest BCUT2D eigenvalue weighted by molar-refractivity contribution is -0.146. The molecule has 0 N–H and O–H groups in total. The zero-order valence-electron chi connectivity index (χ0n) is 10.7. The lowest BCUT2D eigenvalue weighted by atomic mass is 10.1. The number of carbonyl (C=O) groups is 1. The molecule has 0 aliphatic heterocycles. The van der Waals surface area contributed by atoms with Crippen molar-refractivity contribution in [3.63, 3.8) is 0 Å². The topological polar surface area (TPSA) is 29.5 Å². The molecule has 0 aromatic heterocycles. The maximum atomic E-state index is 11.7. The zero-order valence-corrected chi connectivity index (χ0v) is 10.7. The summed E-state index contributed by atoms with van der Waals surface area (Å²) in [5, 5.41) is 0. The van der Waals surface area contributed by atoms with Gasteiger partial charge < -0.3 is 9.64 Å². The number of aryl methyl sites for hydroxylation is 1. The molecule has 1 aliphatic carbocycles. The van der Waals surface area contributed by atoms with E-state index in [4.69, 9.17) is 4.74 Å². The first-order chi connectivity index (χ1) is 8.09. The van der Waals surface area contributed by atoms with E-state index in [0.717, 1.165) is 19.4 Å². The van der Waals surface area contributed by atoms with Crippen molar-refractivity contribution < 1.29 is 9.53 Å². The van der Waals surface area contributed by atoms with E-state index >= 15 is 0 Å². The van der Waals surface area contributed by atoms with Gasteiger partial charge in [-0.1, -0.05) is 18.2 Å². The molecule has 0 bridgehead atoms. The summed E-state index contributed by atoms with van der Waals surface area (Å²) < 4.78 is 4.88. The second-order valence-corrected chi connectivity index (χ2v) is 4.91. The van der Waals surface area contributed by atoms with Crippen molar-refractivity contribution >= 4 is 11.7 Å². The average molecular weight is 233 g/mol. The number of anilines is 1. The Morgan fingerprint density at radius 2 is 2.06 bits per heavy atom. The number of rotatable bonds is 4. The van der Waals surface area contributed by atoms with Crippen molar-refractivity contribution in [3.8, 4) is 0 Å². The van der Waals surface area contributed by atoms with Crippen molar-refractivity contribution in [3.05, 3.63) is 29.8 Å². The molecule has 0 atom stereocenters. The summed E-state index contributed by atoms with van der Waals surface area (Å²) in [6.07, 6.45) is 1.88. The van der Waals surface area contributed by atoms with Crippen LogP contribution in [0.5, 0.6) is 0 Å². The van der Waals surface area contributed by atoms with Crippen LogP contribution in [0.15, 0.2) is 24.3 Å². The van der Waals surface area contributed by atoms with Gasteiger partial charge in [-0.25, -0.2) is 0 Å². The molecule has 0 spiro atoms. The molecule has 17 heavy (non-hydrogen) atoms. The second kappa shape index (κ2) is 4.40. The van der Waals surface area contributed by atoms with Crippen molar-refractivity contribution in [1.82, 2.24) is 0 Å². The van der Waals surface area contributed by atoms with Crippen LogP contribution in [0.1, 0.15) is 18.4 Å². The molecule has 2 rings (SSSR count). The average Bonchev–Trinajstić information content (AvgIpc) is 3.09. The predicted molar refractivity (Wildman–Crippen MR) is 68.1 cm³/mol. The number of carbonyl (C=O) groups excluding carboxylic acids is 1. The van der Waals surface area contributed by atoms with Crippen LogP contribution in [0.25, 0.3) is 0 Å². The molecule has 0 saturated heterocycles. The van der Waals surface area contributed by atoms with Crippen molar-refractivity contribution in [2.24, 2.45) is 5.41 Å². The predicted octanol–water partition coefficient (Wildman–Crippen LogP) is 2.38. The van der Waals surface area contributed by atoms with Crippen molar-refractivity contribution in [1.29, 1.82) is 0 Å². The molecule has 0 heterocycles. The fourth-order valence-electron chi connectivity index (χ4n) is 2.33. The Kier molecular flexibility index (Phi) is 3.09.